The third kappa shape index (κ3) is 0.768. The number of nitrogens with one attached hydrogen (secondary N) is 1. The summed E-state index contributed by atoms with van der Waals surface area (Å²) < 4.78 is 0. The summed E-state index contributed by atoms with van der Waals surface area (Å²) in [6.07, 6.45) is 0. The molecule has 0 aromatic rings. The molecule has 5 nitrogen and oxygen atoms in total. The first-order valence-electron chi connectivity index (χ1n) is 3.66. The van der Waals surface area contributed by atoms with E-state index in [1.54, 1.807) is 13.8 Å². The van der Waals surface area contributed by atoms with E-state index in [4.69, 9.17) is 10.2 Å². The van der Waals surface area contributed by atoms with Crippen LogP contribution in [0.1, 0.15) is 13.8 Å². The molecule has 2 unspecified atom stereocenters. The predicted molar refractivity (Wildman–Crippen MR) is 39.8 cm³/mol. The minimum atomic E-state index is -1.64. The average Bonchev–Trinajstić information content (AvgIpc) is 1.84. The largest absolute Gasteiger partial charge is 0.480 e. The topological polar surface area (TPSA) is 86.6 Å². The van der Waals surface area contributed by atoms with E-state index in [1.165, 1.54) is 0 Å². The maximum Gasteiger partial charge on any atom is 0.324 e. The van der Waals surface area contributed by atoms with Gasteiger partial charge in [0.1, 0.15) is 0 Å². The normalized spacial score (nSPS) is 32.2. The molecule has 0 radical (unpaired) electrons. The van der Waals surface area contributed by atoms with E-state index in [-0.39, 0.29) is 0 Å². The molecular weight excluding hydrogens is 162 g/mol. The van der Waals surface area contributed by atoms with Crippen molar-refractivity contribution in [3.63, 3.8) is 0 Å². The highest BCUT2D eigenvalue weighted by Gasteiger charge is 2.62. The number of carbonyl (C=O) groups is 2. The Morgan fingerprint density at radius 3 is 1.58 bits per heavy atom. The van der Waals surface area contributed by atoms with Gasteiger partial charge in [-0.1, -0.05) is 0 Å². The Morgan fingerprint density at radius 1 is 1.17 bits per heavy atom. The van der Waals surface area contributed by atoms with Crippen LogP contribution in [-0.2, 0) is 9.59 Å². The molecule has 3 N–H and O–H groups in total. The van der Waals surface area contributed by atoms with Crippen molar-refractivity contribution >= 4 is 11.9 Å². The lowest BCUT2D eigenvalue weighted by atomic mass is 9.68. The van der Waals surface area contributed by atoms with Gasteiger partial charge >= 0.3 is 11.9 Å². The zero-order chi connectivity index (χ0) is 9.52. The second-order valence-corrected chi connectivity index (χ2v) is 3.09. The molecule has 1 fully saturated rings. The van der Waals surface area contributed by atoms with Crippen molar-refractivity contribution in [3.05, 3.63) is 0 Å². The van der Waals surface area contributed by atoms with E-state index >= 15 is 0 Å². The van der Waals surface area contributed by atoms with E-state index in [2.05, 4.69) is 5.32 Å². The van der Waals surface area contributed by atoms with Crippen molar-refractivity contribution in [3.8, 4) is 0 Å². The fraction of sp³-hybridized carbons (Fsp3) is 0.714. The number of aliphatic carboxylic acids is 2. The lowest BCUT2D eigenvalue weighted by Crippen LogP contribution is -2.74. The van der Waals surface area contributed by atoms with E-state index in [0.29, 0.717) is 0 Å². The summed E-state index contributed by atoms with van der Waals surface area (Å²) in [4.78, 5) is 21.5. The molecule has 1 heterocycles. The van der Waals surface area contributed by atoms with E-state index in [1.807, 2.05) is 0 Å². The third-order valence-corrected chi connectivity index (χ3v) is 2.57. The minimum absolute atomic E-state index is 0.512. The average molecular weight is 173 g/mol. The summed E-state index contributed by atoms with van der Waals surface area (Å²) >= 11 is 0. The maximum atomic E-state index is 10.7. The van der Waals surface area contributed by atoms with Gasteiger partial charge in [0, 0.05) is 12.1 Å². The van der Waals surface area contributed by atoms with Crippen molar-refractivity contribution in [2.75, 3.05) is 0 Å². The molecule has 2 atom stereocenters. The quantitative estimate of drug-likeness (QED) is 0.491. The number of hydrogen-bond donors (Lipinski definition) is 3. The van der Waals surface area contributed by atoms with Crippen LogP contribution in [0.2, 0.25) is 0 Å². The van der Waals surface area contributed by atoms with Crippen LogP contribution in [-0.4, -0.2) is 34.2 Å². The first kappa shape index (κ1) is 8.99. The van der Waals surface area contributed by atoms with E-state index in [0.717, 1.165) is 0 Å². The smallest absolute Gasteiger partial charge is 0.324 e. The Morgan fingerprint density at radius 2 is 1.50 bits per heavy atom. The first-order valence-corrected chi connectivity index (χ1v) is 3.66. The molecule has 68 valence electrons. The fourth-order valence-corrected chi connectivity index (χ4v) is 1.75. The Bertz CT molecular complexity index is 214. The number of hydrogen-bond acceptors (Lipinski definition) is 3. The van der Waals surface area contributed by atoms with Crippen LogP contribution in [0.15, 0.2) is 0 Å². The summed E-state index contributed by atoms with van der Waals surface area (Å²) in [6, 6.07) is -1.02. The van der Waals surface area contributed by atoms with Crippen LogP contribution in [0.25, 0.3) is 0 Å². The molecule has 0 aliphatic carbocycles. The van der Waals surface area contributed by atoms with Gasteiger partial charge < -0.3 is 15.5 Å². The molecule has 0 amide bonds. The van der Waals surface area contributed by atoms with E-state index < -0.39 is 29.4 Å². The second-order valence-electron chi connectivity index (χ2n) is 3.09. The lowest BCUT2D eigenvalue weighted by Gasteiger charge is -2.47. The van der Waals surface area contributed by atoms with Crippen LogP contribution in [0.3, 0.4) is 0 Å². The molecule has 12 heavy (non-hydrogen) atoms. The summed E-state index contributed by atoms with van der Waals surface area (Å²) in [7, 11) is 0. The van der Waals surface area contributed by atoms with Crippen LogP contribution < -0.4 is 5.32 Å². The number of carboxylic acid groups (broad SMARTS) is 2. The monoisotopic (exact) mass is 173 g/mol. The van der Waals surface area contributed by atoms with Crippen LogP contribution in [0.5, 0.6) is 0 Å². The van der Waals surface area contributed by atoms with Gasteiger partial charge in [-0.3, -0.25) is 9.59 Å². The van der Waals surface area contributed by atoms with Gasteiger partial charge in [-0.05, 0) is 13.8 Å². The molecular formula is C7H11NO4. The maximum absolute atomic E-state index is 10.7. The summed E-state index contributed by atoms with van der Waals surface area (Å²) in [5, 5.41) is 20.3. The highest BCUT2D eigenvalue weighted by molar-refractivity contribution is 6.01. The molecule has 1 rings (SSSR count). The van der Waals surface area contributed by atoms with Crippen LogP contribution in [0.4, 0.5) is 0 Å². The summed E-state index contributed by atoms with van der Waals surface area (Å²) in [5.74, 6) is -2.54. The molecule has 0 aromatic heterocycles. The van der Waals surface area contributed by atoms with Gasteiger partial charge in [-0.15, -0.1) is 0 Å². The molecule has 5 heteroatoms. The Hall–Kier alpha value is -1.10. The standard InChI is InChI=1S/C7H11NO4/c1-3-7(5(9)10,6(11)12)4(2)8-3/h3-4,8H,1-2H3,(H,9,10)(H,11,12). The predicted octanol–water partition coefficient (Wildman–Crippen LogP) is -0.478. The highest BCUT2D eigenvalue weighted by Crippen LogP contribution is 2.36. The van der Waals surface area contributed by atoms with Gasteiger partial charge in [0.25, 0.3) is 0 Å². The number of rotatable bonds is 2. The van der Waals surface area contributed by atoms with Gasteiger partial charge in [-0.25, -0.2) is 0 Å². The van der Waals surface area contributed by atoms with Crippen molar-refractivity contribution in [2.45, 2.75) is 25.9 Å². The molecule has 0 saturated carbocycles. The molecule has 1 aliphatic heterocycles. The van der Waals surface area contributed by atoms with E-state index in [9.17, 15) is 9.59 Å². The van der Waals surface area contributed by atoms with Gasteiger partial charge in [0.15, 0.2) is 5.41 Å². The molecule has 1 aliphatic rings. The Labute approximate surface area is 69.4 Å². The molecule has 0 aromatic carbocycles. The molecule has 0 bridgehead atoms. The third-order valence-electron chi connectivity index (χ3n) is 2.57. The number of carboxylic acids is 2. The van der Waals surface area contributed by atoms with Crippen molar-refractivity contribution in [1.82, 2.24) is 5.32 Å². The summed E-state index contributed by atoms with van der Waals surface area (Å²) in [6.45, 7) is 3.12. The van der Waals surface area contributed by atoms with Crippen molar-refractivity contribution in [2.24, 2.45) is 5.41 Å². The second kappa shape index (κ2) is 2.45. The molecule has 0 spiro atoms. The minimum Gasteiger partial charge on any atom is -0.480 e. The van der Waals surface area contributed by atoms with Crippen molar-refractivity contribution < 1.29 is 19.8 Å². The van der Waals surface area contributed by atoms with Gasteiger partial charge in [0.2, 0.25) is 0 Å². The molecule has 1 saturated heterocycles. The van der Waals surface area contributed by atoms with Gasteiger partial charge in [0.05, 0.1) is 0 Å². The Balaban J connectivity index is 3.02. The van der Waals surface area contributed by atoms with Crippen LogP contribution in [0, 0.1) is 5.41 Å². The van der Waals surface area contributed by atoms with Gasteiger partial charge in [-0.2, -0.15) is 0 Å². The summed E-state index contributed by atoms with van der Waals surface area (Å²) in [5.41, 5.74) is -1.64. The first-order chi connectivity index (χ1) is 5.44. The zero-order valence-corrected chi connectivity index (χ0v) is 6.87. The zero-order valence-electron chi connectivity index (χ0n) is 6.87. The Kier molecular flexibility index (Phi) is 1.83. The lowest BCUT2D eigenvalue weighted by molar-refractivity contribution is -0.177. The fourth-order valence-electron chi connectivity index (χ4n) is 1.75. The van der Waals surface area contributed by atoms with Crippen molar-refractivity contribution in [1.29, 1.82) is 0 Å². The van der Waals surface area contributed by atoms with Crippen LogP contribution >= 0.6 is 0 Å². The SMILES string of the molecule is CC1NC(C)C1(C(=O)O)C(=O)O. The highest BCUT2D eigenvalue weighted by atomic mass is 16.4.